The zero-order valence-electron chi connectivity index (χ0n) is 21.1. The highest BCUT2D eigenvalue weighted by molar-refractivity contribution is 7.98. The summed E-state index contributed by atoms with van der Waals surface area (Å²) in [6.45, 7) is 2.07. The summed E-state index contributed by atoms with van der Waals surface area (Å²) in [7, 11) is 0. The van der Waals surface area contributed by atoms with Gasteiger partial charge in [0.15, 0.2) is 5.65 Å². The van der Waals surface area contributed by atoms with E-state index in [2.05, 4.69) is 32.2 Å². The molecule has 0 spiro atoms. The van der Waals surface area contributed by atoms with Crippen LogP contribution in [0.4, 0.5) is 8.78 Å². The number of nitriles is 1. The van der Waals surface area contributed by atoms with E-state index >= 15 is 0 Å². The van der Waals surface area contributed by atoms with Crippen molar-refractivity contribution < 1.29 is 18.3 Å². The van der Waals surface area contributed by atoms with Crippen molar-refractivity contribution in [3.8, 4) is 11.8 Å². The minimum Gasteiger partial charge on any atom is -0.434 e. The van der Waals surface area contributed by atoms with Crippen molar-refractivity contribution in [2.24, 2.45) is 0 Å². The van der Waals surface area contributed by atoms with Crippen molar-refractivity contribution in [2.45, 2.75) is 43.4 Å². The normalized spacial score (nSPS) is 17.8. The van der Waals surface area contributed by atoms with Gasteiger partial charge >= 0.3 is 6.61 Å². The van der Waals surface area contributed by atoms with Crippen molar-refractivity contribution in [2.75, 3.05) is 19.3 Å². The Morgan fingerprint density at radius 1 is 1.39 bits per heavy atom. The van der Waals surface area contributed by atoms with Crippen LogP contribution in [0.15, 0.2) is 59.6 Å². The van der Waals surface area contributed by atoms with Crippen molar-refractivity contribution in [3.05, 3.63) is 65.9 Å². The molecule has 1 saturated heterocycles. The van der Waals surface area contributed by atoms with Crippen LogP contribution >= 0.6 is 11.8 Å². The van der Waals surface area contributed by atoms with Gasteiger partial charge in [-0.05, 0) is 30.5 Å². The van der Waals surface area contributed by atoms with Crippen LogP contribution in [0, 0.1) is 11.3 Å². The second-order valence-electron chi connectivity index (χ2n) is 8.36. The number of alkyl halides is 2. The number of fused-ring (bicyclic) bond motifs is 1. The number of ether oxygens (including phenoxy) is 1. The Labute approximate surface area is 223 Å². The fraction of sp³-hybridized carbons (Fsp3) is 0.360. The number of carbonyl (C=O) groups excluding carboxylic acids is 1. The molecular formula is C25H28F2N8O2S. The van der Waals surface area contributed by atoms with E-state index in [0.717, 1.165) is 4.90 Å². The molecule has 2 aliphatic heterocycles. The van der Waals surface area contributed by atoms with Gasteiger partial charge in [0.25, 0.3) is 5.91 Å². The quantitative estimate of drug-likeness (QED) is 0.368. The predicted molar refractivity (Wildman–Crippen MR) is 138 cm³/mol. The Hall–Kier alpha value is -3.73. The summed E-state index contributed by atoms with van der Waals surface area (Å²) < 4.78 is 32.8. The van der Waals surface area contributed by atoms with Crippen molar-refractivity contribution >= 4 is 23.3 Å². The second-order valence-corrected chi connectivity index (χ2v) is 9.24. The number of nitrogens with zero attached hydrogens (tertiary/aromatic N) is 5. The van der Waals surface area contributed by atoms with E-state index in [1.54, 1.807) is 41.8 Å². The molecule has 10 nitrogen and oxygen atoms in total. The maximum Gasteiger partial charge on any atom is 0.387 e. The zero-order chi connectivity index (χ0) is 27.3. The molecule has 0 radical (unpaired) electrons. The molecule has 200 valence electrons. The van der Waals surface area contributed by atoms with Crippen LogP contribution in [0.1, 0.15) is 42.2 Å². The first-order chi connectivity index (χ1) is 18.4. The van der Waals surface area contributed by atoms with Crippen LogP contribution in [-0.2, 0) is 0 Å². The molecule has 1 aromatic carbocycles. The molecular weight excluding hydrogens is 514 g/mol. The van der Waals surface area contributed by atoms with E-state index in [0.29, 0.717) is 30.0 Å². The summed E-state index contributed by atoms with van der Waals surface area (Å²) in [6.07, 6.45) is 8.46. The molecule has 2 aliphatic rings. The molecule has 3 aromatic rings. The Balaban J connectivity index is 0.00000164. The van der Waals surface area contributed by atoms with Crippen LogP contribution < -0.4 is 20.8 Å². The first-order valence-electron chi connectivity index (χ1n) is 12.0. The average Bonchev–Trinajstić information content (AvgIpc) is 3.52. The Bertz CT molecular complexity index is 1370. The van der Waals surface area contributed by atoms with Gasteiger partial charge in [-0.3, -0.25) is 4.79 Å². The van der Waals surface area contributed by atoms with Crippen molar-refractivity contribution in [1.29, 1.82) is 5.26 Å². The standard InChI is InChI=1S/C23H22F2N8O2S.C2H6/c1-36-14-3-4-18(35-22(24)25)15(9-14)19-17(11-33(31-19)23(5-6-26)12-27-13-23)30-21(34)16-10-29-32-8-2-7-28-20(16)32;1-2/h2-4,7-11,19,22,27,31H,5,12-13H2,1H3,(H,30,34);1-2H3. The second kappa shape index (κ2) is 11.8. The summed E-state index contributed by atoms with van der Waals surface area (Å²) in [6, 6.07) is 8.12. The number of nitrogens with one attached hydrogen (secondary N) is 3. The van der Waals surface area contributed by atoms with E-state index in [9.17, 15) is 18.8 Å². The molecule has 3 N–H and O–H groups in total. The first-order valence-corrected chi connectivity index (χ1v) is 13.2. The van der Waals surface area contributed by atoms with E-state index < -0.39 is 24.1 Å². The third kappa shape index (κ3) is 5.28. The first kappa shape index (κ1) is 27.3. The third-order valence-electron chi connectivity index (χ3n) is 6.20. The van der Waals surface area contributed by atoms with Crippen LogP contribution in [0.25, 0.3) is 5.65 Å². The monoisotopic (exact) mass is 542 g/mol. The molecule has 0 saturated carbocycles. The average molecular weight is 543 g/mol. The highest BCUT2D eigenvalue weighted by atomic mass is 32.2. The van der Waals surface area contributed by atoms with Gasteiger partial charge in [-0.1, -0.05) is 13.8 Å². The fourth-order valence-corrected chi connectivity index (χ4v) is 4.73. The summed E-state index contributed by atoms with van der Waals surface area (Å²) in [5, 5.41) is 21.4. The van der Waals surface area contributed by atoms with Gasteiger partial charge in [-0.25, -0.2) is 14.9 Å². The molecule has 4 heterocycles. The number of hydrogen-bond acceptors (Lipinski definition) is 9. The molecule has 13 heteroatoms. The molecule has 0 aliphatic carbocycles. The lowest BCUT2D eigenvalue weighted by atomic mass is 9.88. The third-order valence-corrected chi connectivity index (χ3v) is 6.93. The van der Waals surface area contributed by atoms with Gasteiger partial charge < -0.3 is 20.4 Å². The zero-order valence-corrected chi connectivity index (χ0v) is 21.9. The minimum absolute atomic E-state index is 0.0129. The SMILES string of the molecule is CC.CSc1ccc(OC(F)F)c(C2NN(C3(CC#N)CNC3)C=C2NC(=O)c2cnn3cccnc23)c1. The number of carbonyl (C=O) groups is 1. The minimum atomic E-state index is -3.02. The fourth-order valence-electron chi connectivity index (χ4n) is 4.28. The van der Waals surface area contributed by atoms with E-state index in [1.165, 1.54) is 28.5 Å². The van der Waals surface area contributed by atoms with Crippen LogP contribution in [0.3, 0.4) is 0 Å². The Morgan fingerprint density at radius 3 is 2.84 bits per heavy atom. The number of aromatic nitrogens is 3. The molecule has 0 bridgehead atoms. The summed E-state index contributed by atoms with van der Waals surface area (Å²) >= 11 is 1.45. The lowest BCUT2D eigenvalue weighted by Crippen LogP contribution is -2.69. The van der Waals surface area contributed by atoms with Gasteiger partial charge in [0.05, 0.1) is 36.0 Å². The maximum atomic E-state index is 13.3. The van der Waals surface area contributed by atoms with Gasteiger partial charge in [0.1, 0.15) is 11.3 Å². The number of hydrazine groups is 1. The predicted octanol–water partition coefficient (Wildman–Crippen LogP) is 3.47. The van der Waals surface area contributed by atoms with E-state index in [1.807, 2.05) is 20.1 Å². The van der Waals surface area contributed by atoms with Crippen LogP contribution in [0.2, 0.25) is 0 Å². The Morgan fingerprint density at radius 2 is 2.18 bits per heavy atom. The lowest BCUT2D eigenvalue weighted by molar-refractivity contribution is -0.0509. The topological polar surface area (TPSA) is 120 Å². The number of hydrogen-bond donors (Lipinski definition) is 3. The maximum absolute atomic E-state index is 13.3. The molecule has 1 fully saturated rings. The number of benzene rings is 1. The van der Waals surface area contributed by atoms with Crippen LogP contribution in [-0.4, -0.2) is 57.0 Å². The molecule has 2 aromatic heterocycles. The molecule has 5 rings (SSSR count). The largest absolute Gasteiger partial charge is 0.434 e. The Kier molecular flexibility index (Phi) is 8.45. The summed E-state index contributed by atoms with van der Waals surface area (Å²) in [5.41, 5.74) is 4.23. The number of halogens is 2. The smallest absolute Gasteiger partial charge is 0.387 e. The summed E-state index contributed by atoms with van der Waals surface area (Å²) in [5.74, 6) is -0.469. The van der Waals surface area contributed by atoms with Crippen molar-refractivity contribution in [1.82, 2.24) is 35.7 Å². The molecule has 38 heavy (non-hydrogen) atoms. The van der Waals surface area contributed by atoms with Gasteiger partial charge in [0, 0.05) is 42.1 Å². The highest BCUT2D eigenvalue weighted by Crippen LogP contribution is 2.39. The molecule has 1 amide bonds. The van der Waals surface area contributed by atoms with Crippen molar-refractivity contribution in [3.63, 3.8) is 0 Å². The summed E-state index contributed by atoms with van der Waals surface area (Å²) in [4.78, 5) is 18.4. The lowest BCUT2D eigenvalue weighted by Gasteiger charge is -2.48. The highest BCUT2D eigenvalue weighted by Gasteiger charge is 2.46. The number of amides is 1. The van der Waals surface area contributed by atoms with Gasteiger partial charge in [-0.2, -0.15) is 19.1 Å². The van der Waals surface area contributed by atoms with Gasteiger partial charge in [0.2, 0.25) is 0 Å². The van der Waals surface area contributed by atoms with Gasteiger partial charge in [-0.15, -0.1) is 11.8 Å². The number of rotatable bonds is 8. The molecule has 1 unspecified atom stereocenters. The van der Waals surface area contributed by atoms with E-state index in [4.69, 9.17) is 4.74 Å². The van der Waals surface area contributed by atoms with E-state index in [-0.39, 0.29) is 17.7 Å². The van der Waals surface area contributed by atoms with Crippen LogP contribution in [0.5, 0.6) is 5.75 Å². The number of thioether (sulfide) groups is 1. The molecule has 1 atom stereocenters.